The van der Waals surface area contributed by atoms with E-state index in [1.807, 2.05) is 6.20 Å². The van der Waals surface area contributed by atoms with Crippen LogP contribution in [0.2, 0.25) is 0 Å². The molecule has 0 aliphatic heterocycles. The highest BCUT2D eigenvalue weighted by molar-refractivity contribution is 5.62. The first-order valence-corrected chi connectivity index (χ1v) is 7.11. The molecule has 1 heterocycles. The van der Waals surface area contributed by atoms with Gasteiger partial charge in [-0.05, 0) is 46.1 Å². The molecule has 0 atom stereocenters. The molecule has 2 rings (SSSR count). The van der Waals surface area contributed by atoms with Crippen molar-refractivity contribution in [3.05, 3.63) is 41.6 Å². The van der Waals surface area contributed by atoms with Crippen LogP contribution in [0.4, 0.5) is 0 Å². The zero-order valence-electron chi connectivity index (χ0n) is 12.6. The van der Waals surface area contributed by atoms with Crippen LogP contribution < -0.4 is 5.32 Å². The Labute approximate surface area is 121 Å². The third-order valence-electron chi connectivity index (χ3n) is 3.33. The van der Waals surface area contributed by atoms with Crippen LogP contribution in [0.15, 0.2) is 30.5 Å². The topological polar surface area (TPSA) is 44.0 Å². The number of aromatic nitrogens is 2. The maximum atomic E-state index is 4.17. The van der Waals surface area contributed by atoms with Crippen LogP contribution in [0, 0.1) is 6.92 Å². The molecule has 0 fully saturated rings. The van der Waals surface area contributed by atoms with Gasteiger partial charge in [0.15, 0.2) is 0 Å². The molecule has 0 bridgehead atoms. The normalized spacial score (nSPS) is 11.2. The third-order valence-corrected chi connectivity index (χ3v) is 3.33. The average Bonchev–Trinajstić information content (AvgIpc) is 2.87. The van der Waals surface area contributed by atoms with E-state index < -0.39 is 0 Å². The highest BCUT2D eigenvalue weighted by Crippen LogP contribution is 2.21. The Morgan fingerprint density at radius 3 is 2.65 bits per heavy atom. The summed E-state index contributed by atoms with van der Waals surface area (Å²) in [6.07, 6.45) is 3.07. The Morgan fingerprint density at radius 2 is 1.95 bits per heavy atom. The molecule has 0 radical (unpaired) electrons. The fourth-order valence-electron chi connectivity index (χ4n) is 2.16. The number of nitrogens with one attached hydrogen (secondary N) is 2. The van der Waals surface area contributed by atoms with Crippen molar-refractivity contribution in [2.75, 3.05) is 27.2 Å². The Bertz CT molecular complexity index is 514. The van der Waals surface area contributed by atoms with Crippen molar-refractivity contribution in [1.82, 2.24) is 20.4 Å². The summed E-state index contributed by atoms with van der Waals surface area (Å²) in [7, 11) is 4.21. The van der Waals surface area contributed by atoms with E-state index in [0.717, 1.165) is 31.7 Å². The monoisotopic (exact) mass is 272 g/mol. The fraction of sp³-hybridized carbons (Fsp3) is 0.438. The molecule has 0 saturated heterocycles. The van der Waals surface area contributed by atoms with E-state index in [9.17, 15) is 0 Å². The first kappa shape index (κ1) is 14.8. The highest BCUT2D eigenvalue weighted by Gasteiger charge is 2.06. The second-order valence-electron chi connectivity index (χ2n) is 5.47. The minimum absolute atomic E-state index is 0.854. The number of H-pyrrole nitrogens is 1. The van der Waals surface area contributed by atoms with Gasteiger partial charge >= 0.3 is 0 Å². The fourth-order valence-corrected chi connectivity index (χ4v) is 2.16. The maximum absolute atomic E-state index is 4.17. The first-order valence-electron chi connectivity index (χ1n) is 7.11. The van der Waals surface area contributed by atoms with Gasteiger partial charge in [0.1, 0.15) is 0 Å². The molecule has 0 unspecified atom stereocenters. The van der Waals surface area contributed by atoms with Crippen molar-refractivity contribution in [1.29, 1.82) is 0 Å². The summed E-state index contributed by atoms with van der Waals surface area (Å²) in [5.74, 6) is 0. The number of hydrogen-bond acceptors (Lipinski definition) is 3. The highest BCUT2D eigenvalue weighted by atomic mass is 15.1. The van der Waals surface area contributed by atoms with Crippen LogP contribution in [0.25, 0.3) is 11.3 Å². The van der Waals surface area contributed by atoms with Crippen molar-refractivity contribution >= 4 is 0 Å². The van der Waals surface area contributed by atoms with Gasteiger partial charge in [-0.25, -0.2) is 0 Å². The van der Waals surface area contributed by atoms with Gasteiger partial charge in [0.05, 0.1) is 11.9 Å². The smallest absolute Gasteiger partial charge is 0.0695 e. The lowest BCUT2D eigenvalue weighted by atomic mass is 10.1. The molecule has 0 aliphatic rings. The minimum atomic E-state index is 0.854. The summed E-state index contributed by atoms with van der Waals surface area (Å²) in [5.41, 5.74) is 4.80. The second kappa shape index (κ2) is 7.22. The molecule has 1 aromatic carbocycles. The lowest BCUT2D eigenvalue weighted by molar-refractivity contribution is 0.394. The lowest BCUT2D eigenvalue weighted by Gasteiger charge is -2.10. The molecule has 2 aromatic rings. The van der Waals surface area contributed by atoms with E-state index in [1.165, 1.54) is 16.7 Å². The Balaban J connectivity index is 1.90. The van der Waals surface area contributed by atoms with E-state index in [-0.39, 0.29) is 0 Å². The van der Waals surface area contributed by atoms with E-state index in [2.05, 4.69) is 65.7 Å². The van der Waals surface area contributed by atoms with Gasteiger partial charge in [0, 0.05) is 12.1 Å². The average molecular weight is 272 g/mol. The van der Waals surface area contributed by atoms with Crippen molar-refractivity contribution in [2.24, 2.45) is 0 Å². The number of benzene rings is 1. The number of hydrogen-bond donors (Lipinski definition) is 2. The van der Waals surface area contributed by atoms with Crippen LogP contribution in [0.1, 0.15) is 17.5 Å². The van der Waals surface area contributed by atoms with Gasteiger partial charge in [-0.2, -0.15) is 5.10 Å². The maximum Gasteiger partial charge on any atom is 0.0695 e. The number of rotatable bonds is 7. The van der Waals surface area contributed by atoms with Crippen molar-refractivity contribution in [2.45, 2.75) is 19.9 Å². The van der Waals surface area contributed by atoms with Gasteiger partial charge in [0.2, 0.25) is 0 Å². The standard InChI is InChI=1S/C16H24N4/c1-13-5-7-14(8-6-13)16-15(12-18-19-16)11-17-9-4-10-20(2)3/h5-8,12,17H,4,9-11H2,1-3H3,(H,18,19). The van der Waals surface area contributed by atoms with Gasteiger partial charge < -0.3 is 10.2 Å². The number of nitrogens with zero attached hydrogens (tertiary/aromatic N) is 2. The zero-order valence-corrected chi connectivity index (χ0v) is 12.6. The third kappa shape index (κ3) is 4.18. The van der Waals surface area contributed by atoms with E-state index in [0.29, 0.717) is 0 Å². The molecule has 1 aromatic heterocycles. The van der Waals surface area contributed by atoms with Crippen molar-refractivity contribution in [3.8, 4) is 11.3 Å². The quantitative estimate of drug-likeness (QED) is 0.761. The molecule has 0 spiro atoms. The van der Waals surface area contributed by atoms with Crippen molar-refractivity contribution in [3.63, 3.8) is 0 Å². The molecule has 0 saturated carbocycles. The predicted octanol–water partition coefficient (Wildman–Crippen LogP) is 2.43. The van der Waals surface area contributed by atoms with Crippen LogP contribution in [0.3, 0.4) is 0 Å². The Hall–Kier alpha value is -1.65. The van der Waals surface area contributed by atoms with Crippen LogP contribution in [-0.2, 0) is 6.54 Å². The molecule has 0 aliphatic carbocycles. The molecule has 4 heteroatoms. The predicted molar refractivity (Wildman–Crippen MR) is 83.6 cm³/mol. The largest absolute Gasteiger partial charge is 0.312 e. The number of aryl methyl sites for hydroxylation is 1. The molecule has 0 amide bonds. The molecular formula is C16H24N4. The van der Waals surface area contributed by atoms with E-state index in [1.54, 1.807) is 0 Å². The van der Waals surface area contributed by atoms with Gasteiger partial charge in [-0.1, -0.05) is 29.8 Å². The molecule has 4 nitrogen and oxygen atoms in total. The summed E-state index contributed by atoms with van der Waals surface area (Å²) in [6.45, 7) is 5.09. The van der Waals surface area contributed by atoms with Gasteiger partial charge in [0.25, 0.3) is 0 Å². The van der Waals surface area contributed by atoms with Gasteiger partial charge in [-0.15, -0.1) is 0 Å². The lowest BCUT2D eigenvalue weighted by Crippen LogP contribution is -2.21. The summed E-state index contributed by atoms with van der Waals surface area (Å²) < 4.78 is 0. The summed E-state index contributed by atoms with van der Waals surface area (Å²) in [5, 5.41) is 10.8. The van der Waals surface area contributed by atoms with E-state index >= 15 is 0 Å². The van der Waals surface area contributed by atoms with E-state index in [4.69, 9.17) is 0 Å². The Kier molecular flexibility index (Phi) is 5.32. The second-order valence-corrected chi connectivity index (χ2v) is 5.47. The van der Waals surface area contributed by atoms with Crippen molar-refractivity contribution < 1.29 is 0 Å². The van der Waals surface area contributed by atoms with Crippen LogP contribution in [0.5, 0.6) is 0 Å². The summed E-state index contributed by atoms with van der Waals surface area (Å²) in [6, 6.07) is 8.53. The summed E-state index contributed by atoms with van der Waals surface area (Å²) in [4.78, 5) is 2.21. The van der Waals surface area contributed by atoms with Crippen LogP contribution >= 0.6 is 0 Å². The zero-order chi connectivity index (χ0) is 14.4. The SMILES string of the molecule is Cc1ccc(-c2[nH]ncc2CNCCCN(C)C)cc1. The first-order chi connectivity index (χ1) is 9.66. The Morgan fingerprint density at radius 1 is 1.20 bits per heavy atom. The van der Waals surface area contributed by atoms with Crippen LogP contribution in [-0.4, -0.2) is 42.3 Å². The minimum Gasteiger partial charge on any atom is -0.312 e. The molecular weight excluding hydrogens is 248 g/mol. The molecule has 20 heavy (non-hydrogen) atoms. The molecule has 2 N–H and O–H groups in total. The molecule has 108 valence electrons. The number of aromatic amines is 1. The van der Waals surface area contributed by atoms with Gasteiger partial charge in [-0.3, -0.25) is 5.10 Å². The summed E-state index contributed by atoms with van der Waals surface area (Å²) >= 11 is 0.